The van der Waals surface area contributed by atoms with E-state index in [1.165, 1.54) is 12.0 Å². The van der Waals surface area contributed by atoms with Crippen molar-refractivity contribution >= 4 is 29.0 Å². The van der Waals surface area contributed by atoms with Gasteiger partial charge in [0.25, 0.3) is 5.91 Å². The lowest BCUT2D eigenvalue weighted by Gasteiger charge is -2.26. The quantitative estimate of drug-likeness (QED) is 0.750. The summed E-state index contributed by atoms with van der Waals surface area (Å²) in [5.74, 6) is 1.39. The zero-order valence-corrected chi connectivity index (χ0v) is 10.2. The van der Waals surface area contributed by atoms with E-state index in [-0.39, 0.29) is 5.91 Å². The van der Waals surface area contributed by atoms with Crippen molar-refractivity contribution in [3.05, 3.63) is 21.9 Å². The summed E-state index contributed by atoms with van der Waals surface area (Å²) in [6.07, 6.45) is 1.21. The van der Waals surface area contributed by atoms with E-state index in [1.54, 1.807) is 11.3 Å². The maximum Gasteiger partial charge on any atom is 0.264 e. The summed E-state index contributed by atoms with van der Waals surface area (Å²) >= 11 is 3.60. The van der Waals surface area contributed by atoms with E-state index in [2.05, 4.69) is 10.3 Å². The fourth-order valence-electron chi connectivity index (χ4n) is 2.33. The number of hydrogen-bond donors (Lipinski definition) is 0. The molecule has 3 heterocycles. The number of thiophene rings is 1. The third-order valence-corrected chi connectivity index (χ3v) is 5.53. The van der Waals surface area contributed by atoms with Crippen LogP contribution < -0.4 is 0 Å². The Morgan fingerprint density at radius 1 is 1.60 bits per heavy atom. The van der Waals surface area contributed by atoms with Crippen LogP contribution in [-0.2, 0) is 0 Å². The molecule has 4 heteroatoms. The molecule has 15 heavy (non-hydrogen) atoms. The first-order valence-corrected chi connectivity index (χ1v) is 7.14. The van der Waals surface area contributed by atoms with E-state index in [0.717, 1.165) is 17.2 Å². The maximum absolute atomic E-state index is 12.2. The highest BCUT2D eigenvalue weighted by atomic mass is 32.2. The molecule has 0 N–H and O–H groups in total. The zero-order chi connectivity index (χ0) is 10.4. The summed E-state index contributed by atoms with van der Waals surface area (Å²) in [6.45, 7) is 3.00. The highest BCUT2D eigenvalue weighted by Crippen LogP contribution is 2.38. The second kappa shape index (κ2) is 3.52. The number of nitrogens with zero attached hydrogens (tertiary/aromatic N) is 1. The van der Waals surface area contributed by atoms with Crippen LogP contribution in [0.4, 0.5) is 0 Å². The Kier molecular flexibility index (Phi) is 2.29. The molecular weight excluding hydrogens is 226 g/mol. The molecule has 0 saturated carbocycles. The van der Waals surface area contributed by atoms with Gasteiger partial charge in [0, 0.05) is 23.6 Å². The fraction of sp³-hybridized carbons (Fsp3) is 0.545. The molecule has 2 unspecified atom stereocenters. The number of carbonyl (C=O) groups is 1. The van der Waals surface area contributed by atoms with Crippen LogP contribution in [0.3, 0.4) is 0 Å². The molecule has 0 radical (unpaired) electrons. The minimum Gasteiger partial charge on any atom is -0.333 e. The van der Waals surface area contributed by atoms with Gasteiger partial charge in [0.05, 0.1) is 4.88 Å². The fourth-order valence-corrected chi connectivity index (χ4v) is 4.62. The molecule has 0 spiro atoms. The largest absolute Gasteiger partial charge is 0.333 e. The molecule has 2 atom stereocenters. The van der Waals surface area contributed by atoms with E-state index in [4.69, 9.17) is 0 Å². The zero-order valence-electron chi connectivity index (χ0n) is 8.60. The van der Waals surface area contributed by atoms with Crippen LogP contribution in [0.25, 0.3) is 0 Å². The number of rotatable bonds is 1. The van der Waals surface area contributed by atoms with Crippen molar-refractivity contribution in [1.82, 2.24) is 4.90 Å². The van der Waals surface area contributed by atoms with Crippen LogP contribution in [0.1, 0.15) is 21.7 Å². The normalized spacial score (nSPS) is 28.7. The number of hydrogen-bond acceptors (Lipinski definition) is 3. The second-order valence-electron chi connectivity index (χ2n) is 4.29. The van der Waals surface area contributed by atoms with Gasteiger partial charge in [0.2, 0.25) is 0 Å². The maximum atomic E-state index is 12.2. The van der Waals surface area contributed by atoms with Crippen molar-refractivity contribution in [3.63, 3.8) is 0 Å². The Balaban J connectivity index is 1.81. The molecule has 1 aromatic rings. The van der Waals surface area contributed by atoms with E-state index >= 15 is 0 Å². The summed E-state index contributed by atoms with van der Waals surface area (Å²) in [7, 11) is 0. The van der Waals surface area contributed by atoms with Crippen molar-refractivity contribution in [1.29, 1.82) is 0 Å². The second-order valence-corrected chi connectivity index (χ2v) is 6.54. The average Bonchev–Trinajstić information content (AvgIpc) is 2.90. The van der Waals surface area contributed by atoms with Gasteiger partial charge in [-0.05, 0) is 30.4 Å². The van der Waals surface area contributed by atoms with Gasteiger partial charge in [-0.2, -0.15) is 11.8 Å². The molecule has 0 aromatic carbocycles. The number of likely N-dealkylation sites (tertiary alicyclic amines) is 1. The lowest BCUT2D eigenvalue weighted by molar-refractivity contribution is 0.0752. The minimum absolute atomic E-state index is 0.251. The molecule has 2 bridgehead atoms. The molecule has 2 saturated heterocycles. The summed E-state index contributed by atoms with van der Waals surface area (Å²) in [5, 5.41) is 2.76. The summed E-state index contributed by atoms with van der Waals surface area (Å²) in [5.41, 5.74) is 1.20. The van der Waals surface area contributed by atoms with Crippen molar-refractivity contribution in [2.24, 2.45) is 0 Å². The Hall–Kier alpha value is -0.480. The molecule has 2 fully saturated rings. The molecule has 0 aliphatic carbocycles. The number of fused-ring (bicyclic) bond motifs is 2. The summed E-state index contributed by atoms with van der Waals surface area (Å²) < 4.78 is 0. The lowest BCUT2D eigenvalue weighted by Crippen LogP contribution is -2.38. The Bertz CT molecular complexity index is 401. The predicted molar refractivity (Wildman–Crippen MR) is 64.7 cm³/mol. The molecular formula is C11H13NOS2. The molecule has 3 rings (SSSR count). The Labute approximate surface area is 97.7 Å². The van der Waals surface area contributed by atoms with E-state index < -0.39 is 0 Å². The molecule has 2 aliphatic rings. The first-order valence-electron chi connectivity index (χ1n) is 5.22. The highest BCUT2D eigenvalue weighted by molar-refractivity contribution is 8.00. The highest BCUT2D eigenvalue weighted by Gasteiger charge is 2.41. The first kappa shape index (κ1) is 9.73. The molecule has 80 valence electrons. The average molecular weight is 239 g/mol. The van der Waals surface area contributed by atoms with Crippen molar-refractivity contribution in [3.8, 4) is 0 Å². The number of aryl methyl sites for hydroxylation is 1. The van der Waals surface area contributed by atoms with Crippen LogP contribution in [0.5, 0.6) is 0 Å². The van der Waals surface area contributed by atoms with Crippen LogP contribution in [-0.4, -0.2) is 34.4 Å². The van der Waals surface area contributed by atoms with Crippen LogP contribution in [0.2, 0.25) is 0 Å². The smallest absolute Gasteiger partial charge is 0.264 e. The third-order valence-electron chi connectivity index (χ3n) is 3.10. The Morgan fingerprint density at radius 2 is 2.47 bits per heavy atom. The van der Waals surface area contributed by atoms with Gasteiger partial charge in [-0.25, -0.2) is 0 Å². The SMILES string of the molecule is Cc1csc(C(=O)N2CC3CC2CS3)c1. The van der Waals surface area contributed by atoms with Gasteiger partial charge >= 0.3 is 0 Å². The van der Waals surface area contributed by atoms with E-state index in [0.29, 0.717) is 11.3 Å². The van der Waals surface area contributed by atoms with E-state index in [1.807, 2.05) is 24.8 Å². The van der Waals surface area contributed by atoms with E-state index in [9.17, 15) is 4.79 Å². The number of carbonyl (C=O) groups excluding carboxylic acids is 1. The van der Waals surface area contributed by atoms with Gasteiger partial charge in [-0.15, -0.1) is 11.3 Å². The molecule has 1 amide bonds. The van der Waals surface area contributed by atoms with Gasteiger partial charge in [0.1, 0.15) is 0 Å². The molecule has 2 nitrogen and oxygen atoms in total. The Morgan fingerprint density at radius 3 is 3.00 bits per heavy atom. The summed E-state index contributed by atoms with van der Waals surface area (Å²) in [4.78, 5) is 15.2. The van der Waals surface area contributed by atoms with Crippen molar-refractivity contribution in [2.75, 3.05) is 12.3 Å². The van der Waals surface area contributed by atoms with Crippen LogP contribution in [0, 0.1) is 6.92 Å². The predicted octanol–water partition coefficient (Wildman–Crippen LogP) is 2.39. The van der Waals surface area contributed by atoms with Crippen molar-refractivity contribution in [2.45, 2.75) is 24.6 Å². The lowest BCUT2D eigenvalue weighted by atomic mass is 10.2. The monoisotopic (exact) mass is 239 g/mol. The van der Waals surface area contributed by atoms with Gasteiger partial charge < -0.3 is 4.90 Å². The topological polar surface area (TPSA) is 20.3 Å². The van der Waals surface area contributed by atoms with Gasteiger partial charge in [-0.3, -0.25) is 4.79 Å². The molecule has 2 aliphatic heterocycles. The molecule has 1 aromatic heterocycles. The van der Waals surface area contributed by atoms with Gasteiger partial charge in [0.15, 0.2) is 0 Å². The number of thioether (sulfide) groups is 1. The van der Waals surface area contributed by atoms with Crippen LogP contribution >= 0.6 is 23.1 Å². The van der Waals surface area contributed by atoms with Gasteiger partial charge in [-0.1, -0.05) is 0 Å². The third kappa shape index (κ3) is 1.60. The summed E-state index contributed by atoms with van der Waals surface area (Å²) in [6, 6.07) is 2.52. The van der Waals surface area contributed by atoms with Crippen molar-refractivity contribution < 1.29 is 4.79 Å². The van der Waals surface area contributed by atoms with Crippen LogP contribution in [0.15, 0.2) is 11.4 Å². The first-order chi connectivity index (χ1) is 7.24. The standard InChI is InChI=1S/C11H13NOS2/c1-7-2-10(15-5-7)11(13)12-4-9-3-8(12)6-14-9/h2,5,8-9H,3-4,6H2,1H3. The number of amides is 1. The minimum atomic E-state index is 0.251.